The second kappa shape index (κ2) is 6.50. The van der Waals surface area contributed by atoms with Gasteiger partial charge >= 0.3 is 0 Å². The zero-order valence-corrected chi connectivity index (χ0v) is 11.2. The second-order valence-electron chi connectivity index (χ2n) is 5.35. The Kier molecular flexibility index (Phi) is 4.97. The fraction of sp³-hybridized carbons (Fsp3) is 0.923. The van der Waals surface area contributed by atoms with Crippen LogP contribution in [-0.2, 0) is 9.53 Å². The van der Waals surface area contributed by atoms with Gasteiger partial charge in [-0.15, -0.1) is 0 Å². The van der Waals surface area contributed by atoms with Crippen LogP contribution in [0.3, 0.4) is 0 Å². The first-order valence-corrected chi connectivity index (χ1v) is 7.09. The van der Waals surface area contributed by atoms with Crippen LogP contribution in [0.4, 0.5) is 0 Å². The Morgan fingerprint density at radius 2 is 2.11 bits per heavy atom. The van der Waals surface area contributed by atoms with E-state index in [0.717, 1.165) is 38.9 Å². The van der Waals surface area contributed by atoms with Gasteiger partial charge in [0.2, 0.25) is 5.91 Å². The van der Waals surface area contributed by atoms with Gasteiger partial charge in [-0.2, -0.15) is 0 Å². The first-order chi connectivity index (χ1) is 8.72. The Bertz CT molecular complexity index is 273. The van der Waals surface area contributed by atoms with E-state index in [9.17, 15) is 4.79 Å². The van der Waals surface area contributed by atoms with Gasteiger partial charge in [-0.1, -0.05) is 6.92 Å². The number of rotatable bonds is 6. The minimum atomic E-state index is 0.117. The van der Waals surface area contributed by atoms with Crippen LogP contribution in [0.25, 0.3) is 0 Å². The van der Waals surface area contributed by atoms with Crippen molar-refractivity contribution in [3.8, 4) is 0 Å². The summed E-state index contributed by atoms with van der Waals surface area (Å²) in [7, 11) is 0. The van der Waals surface area contributed by atoms with E-state index >= 15 is 0 Å². The molecule has 0 aromatic rings. The Morgan fingerprint density at radius 3 is 2.67 bits per heavy atom. The van der Waals surface area contributed by atoms with Crippen molar-refractivity contribution >= 4 is 5.91 Å². The highest BCUT2D eigenvalue weighted by atomic mass is 16.5. The molecule has 5 heteroatoms. The summed E-state index contributed by atoms with van der Waals surface area (Å²) in [4.78, 5) is 14.1. The van der Waals surface area contributed by atoms with Crippen LogP contribution in [0.2, 0.25) is 0 Å². The molecule has 0 aliphatic carbocycles. The van der Waals surface area contributed by atoms with Crippen LogP contribution >= 0.6 is 0 Å². The number of likely N-dealkylation sites (tertiary alicyclic amines) is 1. The number of nitrogens with two attached hydrogens (primary N) is 1. The lowest BCUT2D eigenvalue weighted by Gasteiger charge is -2.37. The summed E-state index contributed by atoms with van der Waals surface area (Å²) in [6.45, 7) is 5.21. The zero-order chi connectivity index (χ0) is 13.0. The quantitative estimate of drug-likeness (QED) is 0.706. The molecule has 2 saturated heterocycles. The van der Waals surface area contributed by atoms with E-state index in [1.807, 2.05) is 0 Å². The molecular formula is C13H25N3O2. The Morgan fingerprint density at radius 1 is 1.44 bits per heavy atom. The van der Waals surface area contributed by atoms with Crippen molar-refractivity contribution in [2.75, 3.05) is 26.2 Å². The van der Waals surface area contributed by atoms with Crippen molar-refractivity contribution in [2.45, 2.75) is 50.9 Å². The third-order valence-electron chi connectivity index (χ3n) is 3.85. The van der Waals surface area contributed by atoms with Crippen LogP contribution in [0.1, 0.15) is 32.6 Å². The van der Waals surface area contributed by atoms with E-state index in [2.05, 4.69) is 17.1 Å². The summed E-state index contributed by atoms with van der Waals surface area (Å²) < 4.78 is 5.81. The second-order valence-corrected chi connectivity index (χ2v) is 5.35. The zero-order valence-electron chi connectivity index (χ0n) is 11.2. The summed E-state index contributed by atoms with van der Waals surface area (Å²) in [6, 6.07) is 0.161. The molecule has 2 bridgehead atoms. The first kappa shape index (κ1) is 13.8. The predicted octanol–water partition coefficient (Wildman–Crippen LogP) is 0.0932. The minimum absolute atomic E-state index is 0.117. The van der Waals surface area contributed by atoms with E-state index in [0.29, 0.717) is 25.2 Å². The molecule has 3 unspecified atom stereocenters. The molecule has 2 rings (SSSR count). The van der Waals surface area contributed by atoms with E-state index < -0.39 is 0 Å². The van der Waals surface area contributed by atoms with Gasteiger partial charge < -0.3 is 15.8 Å². The number of carbonyl (C=O) groups excluding carboxylic acids is 1. The average Bonchev–Trinajstić information content (AvgIpc) is 2.72. The molecule has 2 heterocycles. The molecule has 0 radical (unpaired) electrons. The van der Waals surface area contributed by atoms with Gasteiger partial charge in [0.25, 0.3) is 0 Å². The molecule has 104 valence electrons. The highest BCUT2D eigenvalue weighted by Crippen LogP contribution is 2.27. The fourth-order valence-corrected chi connectivity index (χ4v) is 2.86. The molecule has 3 N–H and O–H groups in total. The maximum absolute atomic E-state index is 11.8. The Balaban J connectivity index is 1.82. The summed E-state index contributed by atoms with van der Waals surface area (Å²) in [6.07, 6.45) is 4.51. The van der Waals surface area contributed by atoms with Crippen LogP contribution in [0.15, 0.2) is 0 Å². The molecule has 0 aromatic carbocycles. The number of hydrogen-bond acceptors (Lipinski definition) is 4. The molecule has 2 aliphatic heterocycles. The topological polar surface area (TPSA) is 67.6 Å². The number of hydrogen-bond donors (Lipinski definition) is 2. The molecule has 0 spiro atoms. The van der Waals surface area contributed by atoms with Gasteiger partial charge in [0, 0.05) is 38.6 Å². The largest absolute Gasteiger partial charge is 0.372 e. The van der Waals surface area contributed by atoms with Crippen molar-refractivity contribution in [1.29, 1.82) is 0 Å². The normalized spacial score (nSPS) is 29.2. The van der Waals surface area contributed by atoms with Gasteiger partial charge in [0.15, 0.2) is 0 Å². The summed E-state index contributed by atoms with van der Waals surface area (Å²) in [5, 5.41) is 2.92. The van der Waals surface area contributed by atoms with Gasteiger partial charge in [-0.05, 0) is 19.3 Å². The lowest BCUT2D eigenvalue weighted by Crippen LogP contribution is -2.52. The number of nitrogens with zero attached hydrogens (tertiary/aromatic N) is 1. The van der Waals surface area contributed by atoms with Gasteiger partial charge in [-0.25, -0.2) is 0 Å². The van der Waals surface area contributed by atoms with Gasteiger partial charge in [0.05, 0.1) is 12.2 Å². The van der Waals surface area contributed by atoms with E-state index in [-0.39, 0.29) is 11.9 Å². The minimum Gasteiger partial charge on any atom is -0.372 e. The molecule has 1 amide bonds. The third-order valence-corrected chi connectivity index (χ3v) is 3.85. The molecule has 2 fully saturated rings. The number of amides is 1. The standard InChI is InChI=1S/C13H25N3O2/c1-2-5-15-13(17)6-10(7-14)16-8-11-3-4-12(9-16)18-11/h10-12H,2-9,14H2,1H3,(H,15,17). The lowest BCUT2D eigenvalue weighted by molar-refractivity contribution is -0.123. The highest BCUT2D eigenvalue weighted by Gasteiger charge is 2.36. The fourth-order valence-electron chi connectivity index (χ4n) is 2.86. The number of carbonyl (C=O) groups is 1. The molecule has 0 aromatic heterocycles. The lowest BCUT2D eigenvalue weighted by atomic mass is 10.1. The van der Waals surface area contributed by atoms with Crippen molar-refractivity contribution in [2.24, 2.45) is 5.73 Å². The monoisotopic (exact) mass is 255 g/mol. The molecular weight excluding hydrogens is 230 g/mol. The highest BCUT2D eigenvalue weighted by molar-refractivity contribution is 5.76. The average molecular weight is 255 g/mol. The van der Waals surface area contributed by atoms with Crippen molar-refractivity contribution in [3.63, 3.8) is 0 Å². The molecule has 3 atom stereocenters. The SMILES string of the molecule is CCCNC(=O)CC(CN)N1CC2CCC(C1)O2. The van der Waals surface area contributed by atoms with Gasteiger partial charge in [0.1, 0.15) is 0 Å². The summed E-state index contributed by atoms with van der Waals surface area (Å²) >= 11 is 0. The Hall–Kier alpha value is -0.650. The van der Waals surface area contributed by atoms with Crippen LogP contribution in [-0.4, -0.2) is 55.2 Å². The predicted molar refractivity (Wildman–Crippen MR) is 70.2 cm³/mol. The Labute approximate surface area is 109 Å². The summed E-state index contributed by atoms with van der Waals surface area (Å²) in [5.74, 6) is 0.117. The van der Waals surface area contributed by atoms with Crippen LogP contribution in [0, 0.1) is 0 Å². The van der Waals surface area contributed by atoms with E-state index in [1.165, 1.54) is 0 Å². The molecule has 0 saturated carbocycles. The smallest absolute Gasteiger partial charge is 0.221 e. The molecule has 5 nitrogen and oxygen atoms in total. The maximum Gasteiger partial charge on any atom is 0.221 e. The number of fused-ring (bicyclic) bond motifs is 2. The van der Waals surface area contributed by atoms with E-state index in [1.54, 1.807) is 0 Å². The van der Waals surface area contributed by atoms with Gasteiger partial charge in [-0.3, -0.25) is 9.69 Å². The number of nitrogens with one attached hydrogen (secondary N) is 1. The number of morpholine rings is 1. The summed E-state index contributed by atoms with van der Waals surface area (Å²) in [5.41, 5.74) is 5.83. The third kappa shape index (κ3) is 3.43. The molecule has 2 aliphatic rings. The molecule has 18 heavy (non-hydrogen) atoms. The number of ether oxygens (including phenoxy) is 1. The maximum atomic E-state index is 11.8. The van der Waals surface area contributed by atoms with Crippen LogP contribution in [0.5, 0.6) is 0 Å². The van der Waals surface area contributed by atoms with Crippen molar-refractivity contribution < 1.29 is 9.53 Å². The van der Waals surface area contributed by atoms with Crippen molar-refractivity contribution in [1.82, 2.24) is 10.2 Å². The van der Waals surface area contributed by atoms with Crippen LogP contribution < -0.4 is 11.1 Å². The van der Waals surface area contributed by atoms with Crippen molar-refractivity contribution in [3.05, 3.63) is 0 Å². The van der Waals surface area contributed by atoms with E-state index in [4.69, 9.17) is 10.5 Å². The first-order valence-electron chi connectivity index (χ1n) is 7.09.